The second-order valence-electron chi connectivity index (χ2n) is 3.46. The molecule has 2 aromatic carbocycles. The van der Waals surface area contributed by atoms with E-state index in [4.69, 9.17) is 16.3 Å². The molecule has 0 atom stereocenters. The zero-order chi connectivity index (χ0) is 12.3. The Balaban J connectivity index is 2.49. The van der Waals surface area contributed by atoms with Crippen molar-refractivity contribution in [3.05, 3.63) is 47.5 Å². The predicted octanol–water partition coefficient (Wildman–Crippen LogP) is 4.54. The molecule has 3 heteroatoms. The molecule has 0 spiro atoms. The molecule has 87 valence electrons. The van der Waals surface area contributed by atoms with Gasteiger partial charge in [0.05, 0.1) is 12.1 Å². The van der Waals surface area contributed by atoms with Crippen molar-refractivity contribution < 1.29 is 4.74 Å². The second-order valence-corrected chi connectivity index (χ2v) is 4.72. The van der Waals surface area contributed by atoms with Gasteiger partial charge in [-0.05, 0) is 36.1 Å². The van der Waals surface area contributed by atoms with E-state index in [1.54, 1.807) is 18.9 Å². The molecule has 0 heterocycles. The molecular weight excluding hydrogens is 252 g/mol. The van der Waals surface area contributed by atoms with Crippen LogP contribution >= 0.6 is 23.4 Å². The molecule has 0 saturated heterocycles. The number of ether oxygens (including phenoxy) is 1. The van der Waals surface area contributed by atoms with Crippen molar-refractivity contribution in [2.45, 2.75) is 4.90 Å². The lowest BCUT2D eigenvalue weighted by molar-refractivity contribution is 0.416. The van der Waals surface area contributed by atoms with Gasteiger partial charge in [0, 0.05) is 10.5 Å². The maximum atomic E-state index is 6.20. The van der Waals surface area contributed by atoms with Gasteiger partial charge in [-0.2, -0.15) is 0 Å². The zero-order valence-corrected chi connectivity index (χ0v) is 11.2. The highest BCUT2D eigenvalue weighted by Gasteiger charge is 2.07. The van der Waals surface area contributed by atoms with Crippen LogP contribution < -0.4 is 4.74 Å². The summed E-state index contributed by atoms with van der Waals surface area (Å²) in [6.07, 6.45) is 2.01. The van der Waals surface area contributed by atoms with Crippen molar-refractivity contribution >= 4 is 23.4 Å². The molecule has 0 bridgehead atoms. The first-order valence-corrected chi connectivity index (χ1v) is 6.75. The van der Waals surface area contributed by atoms with Gasteiger partial charge in [-0.25, -0.2) is 0 Å². The quantitative estimate of drug-likeness (QED) is 0.752. The van der Waals surface area contributed by atoms with E-state index in [9.17, 15) is 0 Å². The fourth-order valence-corrected chi connectivity index (χ4v) is 2.51. The van der Waals surface area contributed by atoms with Crippen molar-refractivity contribution in [3.63, 3.8) is 0 Å². The fraction of sp³-hybridized carbons (Fsp3) is 0.143. The fourth-order valence-electron chi connectivity index (χ4n) is 1.64. The molecule has 0 aliphatic heterocycles. The van der Waals surface area contributed by atoms with E-state index < -0.39 is 0 Å². The van der Waals surface area contributed by atoms with Gasteiger partial charge in [-0.1, -0.05) is 29.8 Å². The van der Waals surface area contributed by atoms with E-state index >= 15 is 0 Å². The molecule has 0 aliphatic rings. The molecule has 0 amide bonds. The third-order valence-electron chi connectivity index (χ3n) is 2.48. The van der Waals surface area contributed by atoms with Gasteiger partial charge >= 0.3 is 0 Å². The zero-order valence-electron chi connectivity index (χ0n) is 9.66. The first-order chi connectivity index (χ1) is 8.26. The standard InChI is InChI=1S/C14H12ClOS/c1-16-13-6-4-3-5-11(13)10-7-8-14(17-2)12(15)9-10/h3-4,6-9H,1-2H3. The molecule has 0 saturated carbocycles. The third kappa shape index (κ3) is 2.59. The number of methoxy groups -OCH3 is 1. The Labute approximate surface area is 111 Å². The Bertz CT molecular complexity index is 525. The van der Waals surface area contributed by atoms with Crippen LogP contribution in [0.3, 0.4) is 0 Å². The van der Waals surface area contributed by atoms with Crippen molar-refractivity contribution in [1.82, 2.24) is 0 Å². The van der Waals surface area contributed by atoms with Gasteiger partial charge in [0.2, 0.25) is 0 Å². The van der Waals surface area contributed by atoms with Gasteiger partial charge in [-0.15, -0.1) is 11.8 Å². The lowest BCUT2D eigenvalue weighted by Gasteiger charge is -2.09. The van der Waals surface area contributed by atoms with E-state index in [2.05, 4.69) is 6.07 Å². The van der Waals surface area contributed by atoms with Crippen LogP contribution in [0.5, 0.6) is 5.75 Å². The minimum atomic E-state index is 0.759. The number of hydrogen-bond donors (Lipinski definition) is 0. The molecular formula is C14H12ClOS. The van der Waals surface area contributed by atoms with E-state index in [0.717, 1.165) is 26.8 Å². The molecule has 2 rings (SSSR count). The van der Waals surface area contributed by atoms with Crippen LogP contribution in [0.15, 0.2) is 41.3 Å². The first kappa shape index (κ1) is 12.3. The Hall–Kier alpha value is -1.12. The Morgan fingerprint density at radius 2 is 2.12 bits per heavy atom. The molecule has 0 aromatic heterocycles. The van der Waals surface area contributed by atoms with Crippen molar-refractivity contribution in [3.8, 4) is 16.9 Å². The molecule has 0 unspecified atom stereocenters. The highest BCUT2D eigenvalue weighted by Crippen LogP contribution is 2.34. The molecule has 0 N–H and O–H groups in total. The van der Waals surface area contributed by atoms with E-state index in [-0.39, 0.29) is 0 Å². The van der Waals surface area contributed by atoms with Crippen LogP contribution in [-0.4, -0.2) is 13.4 Å². The smallest absolute Gasteiger partial charge is 0.127 e. The van der Waals surface area contributed by atoms with Crippen LogP contribution in [-0.2, 0) is 0 Å². The van der Waals surface area contributed by atoms with Crippen molar-refractivity contribution in [1.29, 1.82) is 0 Å². The minimum absolute atomic E-state index is 0.759. The SMILES string of the molecule is COc1ccc[c]c1-c1ccc(SC)c(Cl)c1. The average molecular weight is 264 g/mol. The van der Waals surface area contributed by atoms with Crippen LogP contribution in [0, 0.1) is 6.07 Å². The van der Waals surface area contributed by atoms with Gasteiger partial charge in [-0.3, -0.25) is 0 Å². The Morgan fingerprint density at radius 1 is 1.29 bits per heavy atom. The molecule has 0 aliphatic carbocycles. The number of rotatable bonds is 3. The maximum Gasteiger partial charge on any atom is 0.127 e. The number of thioether (sulfide) groups is 1. The van der Waals surface area contributed by atoms with Crippen molar-refractivity contribution in [2.24, 2.45) is 0 Å². The summed E-state index contributed by atoms with van der Waals surface area (Å²) >= 11 is 7.84. The number of halogens is 1. The molecule has 1 radical (unpaired) electrons. The van der Waals surface area contributed by atoms with Crippen LogP contribution in [0.4, 0.5) is 0 Å². The minimum Gasteiger partial charge on any atom is -0.496 e. The summed E-state index contributed by atoms with van der Waals surface area (Å²) in [6.45, 7) is 0. The average Bonchev–Trinajstić information content (AvgIpc) is 2.38. The second kappa shape index (κ2) is 5.48. The first-order valence-electron chi connectivity index (χ1n) is 5.15. The van der Waals surface area contributed by atoms with E-state index in [1.165, 1.54) is 0 Å². The highest BCUT2D eigenvalue weighted by molar-refractivity contribution is 7.98. The Kier molecular flexibility index (Phi) is 3.97. The summed E-state index contributed by atoms with van der Waals surface area (Å²) in [5.41, 5.74) is 1.95. The summed E-state index contributed by atoms with van der Waals surface area (Å²) in [4.78, 5) is 1.07. The lowest BCUT2D eigenvalue weighted by Crippen LogP contribution is -1.88. The van der Waals surface area contributed by atoms with E-state index in [1.807, 2.05) is 42.7 Å². The van der Waals surface area contributed by atoms with Gasteiger partial charge in [0.15, 0.2) is 0 Å². The monoisotopic (exact) mass is 263 g/mol. The molecule has 1 nitrogen and oxygen atoms in total. The maximum absolute atomic E-state index is 6.20. The van der Waals surface area contributed by atoms with Gasteiger partial charge in [0.1, 0.15) is 5.75 Å². The van der Waals surface area contributed by atoms with Crippen LogP contribution in [0.2, 0.25) is 5.02 Å². The largest absolute Gasteiger partial charge is 0.496 e. The number of hydrogen-bond acceptors (Lipinski definition) is 2. The highest BCUT2D eigenvalue weighted by atomic mass is 35.5. The molecule has 2 aromatic rings. The third-order valence-corrected chi connectivity index (χ3v) is 3.70. The predicted molar refractivity (Wildman–Crippen MR) is 74.1 cm³/mol. The topological polar surface area (TPSA) is 9.23 Å². The number of benzene rings is 2. The summed E-state index contributed by atoms with van der Waals surface area (Å²) < 4.78 is 5.32. The van der Waals surface area contributed by atoms with Gasteiger partial charge < -0.3 is 4.74 Å². The van der Waals surface area contributed by atoms with Crippen LogP contribution in [0.25, 0.3) is 11.1 Å². The lowest BCUT2D eigenvalue weighted by atomic mass is 10.0. The summed E-state index contributed by atoms with van der Waals surface area (Å²) in [7, 11) is 1.66. The summed E-state index contributed by atoms with van der Waals surface area (Å²) in [5.74, 6) is 0.806. The van der Waals surface area contributed by atoms with Crippen molar-refractivity contribution in [2.75, 3.05) is 13.4 Å². The normalized spacial score (nSPS) is 10.3. The summed E-state index contributed by atoms with van der Waals surface area (Å²) in [6, 6.07) is 14.9. The summed E-state index contributed by atoms with van der Waals surface area (Å²) in [5, 5.41) is 0.759. The van der Waals surface area contributed by atoms with Gasteiger partial charge in [0.25, 0.3) is 0 Å². The van der Waals surface area contributed by atoms with E-state index in [0.29, 0.717) is 0 Å². The van der Waals surface area contributed by atoms with Crippen LogP contribution in [0.1, 0.15) is 0 Å². The Morgan fingerprint density at radius 3 is 2.76 bits per heavy atom. The molecule has 17 heavy (non-hydrogen) atoms. The molecule has 0 fully saturated rings.